The van der Waals surface area contributed by atoms with Gasteiger partial charge in [0.05, 0.1) is 0 Å². The Labute approximate surface area is 143 Å². The first kappa shape index (κ1) is 16.4. The molecule has 1 N–H and O–H groups in total. The van der Waals surface area contributed by atoms with Gasteiger partial charge in [-0.25, -0.2) is 0 Å². The molecule has 0 amide bonds. The van der Waals surface area contributed by atoms with Gasteiger partial charge in [0, 0.05) is 6.61 Å². The molecule has 4 aliphatic carbocycles. The van der Waals surface area contributed by atoms with Crippen LogP contribution in [0.2, 0.25) is 0 Å². The Hall–Kier alpha value is -0.0400. The van der Waals surface area contributed by atoms with Gasteiger partial charge in [0.2, 0.25) is 0 Å². The van der Waals surface area contributed by atoms with Crippen LogP contribution in [0.4, 0.5) is 0 Å². The van der Waals surface area contributed by atoms with Crippen molar-refractivity contribution >= 4 is 0 Å². The molecule has 0 aromatic rings. The number of hydrogen-bond acceptors (Lipinski definition) is 1. The van der Waals surface area contributed by atoms with E-state index in [-0.39, 0.29) is 0 Å². The molecule has 0 heterocycles. The van der Waals surface area contributed by atoms with Crippen LogP contribution in [0.5, 0.6) is 0 Å². The molecule has 0 radical (unpaired) electrons. The molecule has 0 aromatic heterocycles. The molecule has 0 bridgehead atoms. The molecule has 8 atom stereocenters. The topological polar surface area (TPSA) is 20.2 Å². The van der Waals surface area contributed by atoms with E-state index in [1.165, 1.54) is 57.8 Å². The average molecular weight is 319 g/mol. The van der Waals surface area contributed by atoms with Crippen LogP contribution in [-0.4, -0.2) is 11.7 Å². The van der Waals surface area contributed by atoms with Gasteiger partial charge in [0.25, 0.3) is 0 Å². The lowest BCUT2D eigenvalue weighted by Gasteiger charge is -2.56. The molecular formula is C22H38O. The van der Waals surface area contributed by atoms with Gasteiger partial charge in [0.15, 0.2) is 0 Å². The highest BCUT2D eigenvalue weighted by Crippen LogP contribution is 2.64. The number of hydrogen-bond donors (Lipinski definition) is 1. The normalized spacial score (nSPS) is 52.6. The fraction of sp³-hybridized carbons (Fsp3) is 1.00. The molecule has 4 saturated carbocycles. The van der Waals surface area contributed by atoms with E-state index in [2.05, 4.69) is 13.8 Å². The lowest BCUT2D eigenvalue weighted by molar-refractivity contribution is -0.0734. The van der Waals surface area contributed by atoms with Crippen LogP contribution in [0.3, 0.4) is 0 Å². The SMILES string of the molecule is CCCC1CCC2C(CCC3C2CCC2(C)C(CO)CCC32)C1. The van der Waals surface area contributed by atoms with Crippen LogP contribution in [0.15, 0.2) is 0 Å². The van der Waals surface area contributed by atoms with Crippen molar-refractivity contribution in [3.05, 3.63) is 0 Å². The minimum absolute atomic E-state index is 0.440. The molecule has 0 aliphatic heterocycles. The molecule has 1 nitrogen and oxygen atoms in total. The van der Waals surface area contributed by atoms with E-state index < -0.39 is 0 Å². The molecule has 4 rings (SSSR count). The molecule has 0 saturated heterocycles. The zero-order valence-electron chi connectivity index (χ0n) is 15.5. The van der Waals surface area contributed by atoms with Gasteiger partial charge in [-0.2, -0.15) is 0 Å². The Morgan fingerprint density at radius 2 is 1.74 bits per heavy atom. The van der Waals surface area contributed by atoms with Crippen molar-refractivity contribution in [2.75, 3.05) is 6.61 Å². The first-order valence-electron chi connectivity index (χ1n) is 10.8. The van der Waals surface area contributed by atoms with Crippen LogP contribution in [0.1, 0.15) is 84.5 Å². The summed E-state index contributed by atoms with van der Waals surface area (Å²) in [5.74, 6) is 6.79. The van der Waals surface area contributed by atoms with Crippen molar-refractivity contribution < 1.29 is 5.11 Å². The summed E-state index contributed by atoms with van der Waals surface area (Å²) in [6.07, 6.45) is 16.1. The molecule has 8 unspecified atom stereocenters. The second-order valence-electron chi connectivity index (χ2n) is 9.90. The predicted molar refractivity (Wildman–Crippen MR) is 96.1 cm³/mol. The van der Waals surface area contributed by atoms with Crippen LogP contribution in [0.25, 0.3) is 0 Å². The third-order valence-electron chi connectivity index (χ3n) is 9.18. The van der Waals surface area contributed by atoms with Gasteiger partial charge in [-0.05, 0) is 98.2 Å². The Morgan fingerprint density at radius 1 is 0.913 bits per heavy atom. The maximum absolute atomic E-state index is 9.83. The fourth-order valence-corrected chi connectivity index (χ4v) is 8.03. The van der Waals surface area contributed by atoms with Gasteiger partial charge >= 0.3 is 0 Å². The molecule has 1 heteroatoms. The molecule has 4 aliphatic rings. The molecule has 23 heavy (non-hydrogen) atoms. The van der Waals surface area contributed by atoms with Gasteiger partial charge in [-0.1, -0.05) is 33.1 Å². The summed E-state index contributed by atoms with van der Waals surface area (Å²) in [6, 6.07) is 0. The fourth-order valence-electron chi connectivity index (χ4n) is 8.03. The molecule has 0 aromatic carbocycles. The van der Waals surface area contributed by atoms with Crippen LogP contribution >= 0.6 is 0 Å². The third kappa shape index (κ3) is 2.60. The van der Waals surface area contributed by atoms with Crippen molar-refractivity contribution in [2.24, 2.45) is 46.8 Å². The van der Waals surface area contributed by atoms with Crippen LogP contribution in [0, 0.1) is 46.8 Å². The standard InChI is InChI=1S/C22H38O/c1-3-4-15-5-8-18-16(13-15)6-9-20-19(18)11-12-22(2)17(14-23)7-10-21(20)22/h15-21,23H,3-14H2,1-2H3. The van der Waals surface area contributed by atoms with E-state index in [9.17, 15) is 5.11 Å². The number of aliphatic hydroxyl groups is 1. The molecular weight excluding hydrogens is 280 g/mol. The molecule has 132 valence electrons. The highest BCUT2D eigenvalue weighted by atomic mass is 16.3. The van der Waals surface area contributed by atoms with E-state index >= 15 is 0 Å². The lowest BCUT2D eigenvalue weighted by Crippen LogP contribution is -2.48. The number of aliphatic hydroxyl groups excluding tert-OH is 1. The summed E-state index contributed by atoms with van der Waals surface area (Å²) in [4.78, 5) is 0. The van der Waals surface area contributed by atoms with E-state index in [1.807, 2.05) is 0 Å². The summed E-state index contributed by atoms with van der Waals surface area (Å²) in [5.41, 5.74) is 0.474. The van der Waals surface area contributed by atoms with E-state index in [4.69, 9.17) is 0 Å². The third-order valence-corrected chi connectivity index (χ3v) is 9.18. The van der Waals surface area contributed by atoms with Crippen molar-refractivity contribution in [1.29, 1.82) is 0 Å². The second-order valence-corrected chi connectivity index (χ2v) is 9.90. The quantitative estimate of drug-likeness (QED) is 0.711. The average Bonchev–Trinajstić information content (AvgIpc) is 2.91. The van der Waals surface area contributed by atoms with Crippen molar-refractivity contribution in [3.63, 3.8) is 0 Å². The Kier molecular flexibility index (Phi) is 4.54. The smallest absolute Gasteiger partial charge is 0.0464 e. The van der Waals surface area contributed by atoms with E-state index in [1.54, 1.807) is 12.8 Å². The summed E-state index contributed by atoms with van der Waals surface area (Å²) in [5, 5.41) is 9.83. The Morgan fingerprint density at radius 3 is 2.52 bits per heavy atom. The van der Waals surface area contributed by atoms with Crippen molar-refractivity contribution in [2.45, 2.75) is 84.5 Å². The maximum Gasteiger partial charge on any atom is 0.0464 e. The molecule has 4 fully saturated rings. The van der Waals surface area contributed by atoms with Gasteiger partial charge < -0.3 is 5.11 Å². The largest absolute Gasteiger partial charge is 0.396 e. The first-order valence-corrected chi connectivity index (χ1v) is 10.8. The minimum atomic E-state index is 0.440. The van der Waals surface area contributed by atoms with E-state index in [0.717, 1.165) is 35.5 Å². The Bertz CT molecular complexity index is 418. The monoisotopic (exact) mass is 318 g/mol. The highest BCUT2D eigenvalue weighted by Gasteiger charge is 2.56. The number of fused-ring (bicyclic) bond motifs is 5. The Balaban J connectivity index is 1.48. The lowest BCUT2D eigenvalue weighted by atomic mass is 9.49. The zero-order valence-corrected chi connectivity index (χ0v) is 15.5. The van der Waals surface area contributed by atoms with Gasteiger partial charge in [-0.15, -0.1) is 0 Å². The summed E-state index contributed by atoms with van der Waals surface area (Å²) >= 11 is 0. The zero-order chi connectivity index (χ0) is 16.0. The minimum Gasteiger partial charge on any atom is -0.396 e. The molecule has 0 spiro atoms. The van der Waals surface area contributed by atoms with Gasteiger partial charge in [0.1, 0.15) is 0 Å². The van der Waals surface area contributed by atoms with Crippen molar-refractivity contribution in [3.8, 4) is 0 Å². The van der Waals surface area contributed by atoms with Crippen LogP contribution in [-0.2, 0) is 0 Å². The highest BCUT2D eigenvalue weighted by molar-refractivity contribution is 5.05. The van der Waals surface area contributed by atoms with Gasteiger partial charge in [-0.3, -0.25) is 0 Å². The predicted octanol–water partition coefficient (Wildman–Crippen LogP) is 5.66. The first-order chi connectivity index (χ1) is 11.2. The summed E-state index contributed by atoms with van der Waals surface area (Å²) in [6.45, 7) is 5.34. The maximum atomic E-state index is 9.83. The summed E-state index contributed by atoms with van der Waals surface area (Å²) < 4.78 is 0. The number of rotatable bonds is 3. The summed E-state index contributed by atoms with van der Waals surface area (Å²) in [7, 11) is 0. The van der Waals surface area contributed by atoms with E-state index in [0.29, 0.717) is 17.9 Å². The van der Waals surface area contributed by atoms with Crippen molar-refractivity contribution in [1.82, 2.24) is 0 Å². The van der Waals surface area contributed by atoms with Crippen LogP contribution < -0.4 is 0 Å². The second kappa shape index (κ2) is 6.36.